The Morgan fingerprint density at radius 1 is 0.462 bits per heavy atom. The van der Waals surface area contributed by atoms with Gasteiger partial charge in [-0.05, 0) is 142 Å². The van der Waals surface area contributed by atoms with Gasteiger partial charge in [-0.3, -0.25) is 0 Å². The molecule has 0 saturated heterocycles. The van der Waals surface area contributed by atoms with E-state index in [0.717, 1.165) is 81.1 Å². The fourth-order valence-electron chi connectivity index (χ4n) is 10.8. The Kier molecular flexibility index (Phi) is 8.35. The average molecular weight is 836 g/mol. The van der Waals surface area contributed by atoms with E-state index in [2.05, 4.69) is 241 Å². The minimum Gasteiger partial charge on any atom is -0.453 e. The van der Waals surface area contributed by atoms with Crippen molar-refractivity contribution >= 4 is 56.3 Å². The molecule has 2 heterocycles. The maximum atomic E-state index is 6.79. The second kappa shape index (κ2) is 14.5. The minimum atomic E-state index is -0.126. The first-order valence-corrected chi connectivity index (χ1v) is 22.7. The van der Waals surface area contributed by atoms with E-state index >= 15 is 0 Å². The van der Waals surface area contributed by atoms with Crippen molar-refractivity contribution in [3.63, 3.8) is 0 Å². The quantitative estimate of drug-likeness (QED) is 0.166. The third-order valence-electron chi connectivity index (χ3n) is 14.0. The molecule has 0 saturated carbocycles. The lowest BCUT2D eigenvalue weighted by Gasteiger charge is -2.38. The van der Waals surface area contributed by atoms with Crippen molar-refractivity contribution in [2.45, 2.75) is 32.1 Å². The first kappa shape index (κ1) is 37.5. The normalized spacial score (nSPS) is 14.7. The Morgan fingerprint density at radius 2 is 1.14 bits per heavy atom. The minimum absolute atomic E-state index is 0.126. The zero-order valence-corrected chi connectivity index (χ0v) is 36.4. The number of para-hydroxylation sites is 2. The van der Waals surface area contributed by atoms with Gasteiger partial charge in [-0.25, -0.2) is 0 Å². The van der Waals surface area contributed by atoms with Gasteiger partial charge in [0.2, 0.25) is 0 Å². The van der Waals surface area contributed by atoms with Crippen molar-refractivity contribution in [3.05, 3.63) is 229 Å². The van der Waals surface area contributed by atoms with Gasteiger partial charge in [0.1, 0.15) is 0 Å². The molecule has 0 N–H and O–H groups in total. The van der Waals surface area contributed by atoms with Gasteiger partial charge in [0.15, 0.2) is 11.5 Å². The highest BCUT2D eigenvalue weighted by Gasteiger charge is 2.36. The molecule has 4 nitrogen and oxygen atoms in total. The third kappa shape index (κ3) is 5.84. The smallest absolute Gasteiger partial charge is 0.152 e. The largest absolute Gasteiger partial charge is 0.453 e. The molecule has 0 aromatic heterocycles. The number of fused-ring (bicyclic) bond motifs is 7. The molecule has 2 aliphatic carbocycles. The van der Waals surface area contributed by atoms with E-state index in [1.807, 2.05) is 0 Å². The first-order valence-electron chi connectivity index (χ1n) is 22.7. The van der Waals surface area contributed by atoms with Crippen molar-refractivity contribution in [2.24, 2.45) is 0 Å². The van der Waals surface area contributed by atoms with Crippen LogP contribution in [0.15, 0.2) is 218 Å². The van der Waals surface area contributed by atoms with Crippen LogP contribution in [0.5, 0.6) is 11.5 Å². The van der Waals surface area contributed by atoms with Gasteiger partial charge in [-0.1, -0.05) is 141 Å². The van der Waals surface area contributed by atoms with Crippen molar-refractivity contribution in [2.75, 3.05) is 14.7 Å². The molecule has 4 aliphatic rings. The molecule has 0 spiro atoms. The number of allylic oxidation sites excluding steroid dienone is 3. The summed E-state index contributed by atoms with van der Waals surface area (Å²) in [4.78, 5) is 7.24. The lowest BCUT2D eigenvalue weighted by atomic mass is 9.82. The molecular formula is C61H45N3O. The highest BCUT2D eigenvalue weighted by Crippen LogP contribution is 2.58. The number of anilines is 8. The zero-order chi connectivity index (χ0) is 43.2. The van der Waals surface area contributed by atoms with E-state index in [1.54, 1.807) is 0 Å². The molecular weight excluding hydrogens is 791 g/mol. The van der Waals surface area contributed by atoms with Gasteiger partial charge >= 0.3 is 0 Å². The van der Waals surface area contributed by atoms with Gasteiger partial charge in [0.05, 0.1) is 22.7 Å². The van der Waals surface area contributed by atoms with Gasteiger partial charge in [0.25, 0.3) is 0 Å². The van der Waals surface area contributed by atoms with E-state index in [1.165, 1.54) is 49.7 Å². The summed E-state index contributed by atoms with van der Waals surface area (Å²) >= 11 is 0. The van der Waals surface area contributed by atoms with Crippen LogP contribution in [0.4, 0.5) is 45.5 Å². The number of hydrogen-bond acceptors (Lipinski definition) is 4. The number of rotatable bonds is 6. The van der Waals surface area contributed by atoms with Crippen LogP contribution in [-0.2, 0) is 5.41 Å². The number of benzene rings is 9. The average Bonchev–Trinajstić information content (AvgIpc) is 3.59. The topological polar surface area (TPSA) is 19.0 Å². The second-order valence-corrected chi connectivity index (χ2v) is 18.0. The van der Waals surface area contributed by atoms with Crippen molar-refractivity contribution in [1.82, 2.24) is 0 Å². The summed E-state index contributed by atoms with van der Waals surface area (Å²) in [6, 6.07) is 71.0. The first-order chi connectivity index (χ1) is 32.0. The molecule has 0 radical (unpaired) electrons. The van der Waals surface area contributed by atoms with E-state index in [-0.39, 0.29) is 5.41 Å². The molecule has 0 bridgehead atoms. The summed E-state index contributed by atoms with van der Waals surface area (Å²) in [5.74, 6) is 1.71. The van der Waals surface area contributed by atoms with Crippen LogP contribution in [0.2, 0.25) is 0 Å². The van der Waals surface area contributed by atoms with E-state index < -0.39 is 0 Å². The second-order valence-electron chi connectivity index (χ2n) is 18.0. The molecule has 2 aliphatic heterocycles. The van der Waals surface area contributed by atoms with Crippen molar-refractivity contribution < 1.29 is 4.74 Å². The van der Waals surface area contributed by atoms with Crippen molar-refractivity contribution in [1.29, 1.82) is 0 Å². The Balaban J connectivity index is 0.965. The number of hydrogen-bond donors (Lipinski definition) is 0. The number of nitrogens with zero attached hydrogens (tertiary/aromatic N) is 3. The maximum Gasteiger partial charge on any atom is 0.152 e. The Bertz CT molecular complexity index is 3430. The maximum absolute atomic E-state index is 6.79. The molecule has 9 aromatic rings. The van der Waals surface area contributed by atoms with Crippen molar-refractivity contribution in [3.8, 4) is 44.9 Å². The summed E-state index contributed by atoms with van der Waals surface area (Å²) in [7, 11) is 0. The monoisotopic (exact) mass is 835 g/mol. The lowest BCUT2D eigenvalue weighted by molar-refractivity contribution is 0.476. The van der Waals surface area contributed by atoms with Gasteiger partial charge in [-0.15, -0.1) is 0 Å². The Hall–Kier alpha value is -8.08. The summed E-state index contributed by atoms with van der Waals surface area (Å²) in [6.45, 7) is 4.71. The van der Waals surface area contributed by atoms with E-state index in [4.69, 9.17) is 4.74 Å². The fourth-order valence-corrected chi connectivity index (χ4v) is 10.8. The van der Waals surface area contributed by atoms with Crippen LogP contribution in [0.3, 0.4) is 0 Å². The summed E-state index contributed by atoms with van der Waals surface area (Å²) < 4.78 is 6.79. The third-order valence-corrected chi connectivity index (χ3v) is 14.0. The Morgan fingerprint density at radius 3 is 1.95 bits per heavy atom. The van der Waals surface area contributed by atoms with Gasteiger partial charge < -0.3 is 19.4 Å². The summed E-state index contributed by atoms with van der Waals surface area (Å²) in [6.07, 6.45) is 8.93. The standard InChI is InChI=1S/C61H45N3O/c1-61(2)52-23-10-9-21-48(52)49-36-35-47(37-53(49)61)62(44-29-27-41(28-30-44)40-15-5-3-6-16-40)45-31-33-46(34-32-45)64-55-25-14-18-42-17-13-22-50(60(42)55)51-38-59-57(39-56(51)64)63(43-19-7-4-8-20-43)54-24-11-12-26-58(54)65-59/h3,5-7,9-39H,4,8H2,1-2H3. The predicted octanol–water partition coefficient (Wildman–Crippen LogP) is 17.2. The van der Waals surface area contributed by atoms with Crippen LogP contribution in [0.25, 0.3) is 44.2 Å². The van der Waals surface area contributed by atoms with Gasteiger partial charge in [0, 0.05) is 44.8 Å². The van der Waals surface area contributed by atoms with Crippen LogP contribution in [0, 0.1) is 0 Å². The molecule has 0 atom stereocenters. The van der Waals surface area contributed by atoms with Crippen LogP contribution < -0.4 is 19.4 Å². The molecule has 9 aromatic carbocycles. The molecule has 0 fully saturated rings. The lowest BCUT2D eigenvalue weighted by Crippen LogP contribution is -2.22. The van der Waals surface area contributed by atoms with E-state index in [9.17, 15) is 0 Å². The van der Waals surface area contributed by atoms with Gasteiger partial charge in [-0.2, -0.15) is 0 Å². The zero-order valence-electron chi connectivity index (χ0n) is 36.4. The van der Waals surface area contributed by atoms with Crippen LogP contribution in [-0.4, -0.2) is 0 Å². The SMILES string of the molecule is CC1(C)c2ccccc2-c2ccc(N(c3ccc(-c4ccccc4)cc3)c3ccc(N4c5cc6c(cc5-c5cccc7cccc4c57)Oc4ccccc4N6C4=CCCC=C4)cc3)cc21. The summed E-state index contributed by atoms with van der Waals surface area (Å²) in [5, 5.41) is 2.45. The highest BCUT2D eigenvalue weighted by atomic mass is 16.5. The molecule has 0 unspecified atom stereocenters. The number of ether oxygens (including phenoxy) is 1. The Labute approximate surface area is 380 Å². The summed E-state index contributed by atoms with van der Waals surface area (Å²) in [5.41, 5.74) is 19.9. The molecule has 310 valence electrons. The van der Waals surface area contributed by atoms with Crippen LogP contribution >= 0.6 is 0 Å². The molecule has 65 heavy (non-hydrogen) atoms. The molecule has 13 rings (SSSR count). The predicted molar refractivity (Wildman–Crippen MR) is 270 cm³/mol. The molecule has 4 heteroatoms. The van der Waals surface area contributed by atoms with Crippen LogP contribution in [0.1, 0.15) is 37.8 Å². The van der Waals surface area contributed by atoms with E-state index in [0.29, 0.717) is 0 Å². The highest BCUT2D eigenvalue weighted by molar-refractivity contribution is 6.14. The molecule has 0 amide bonds. The fraction of sp³-hybridized carbons (Fsp3) is 0.0820.